The molecule has 0 fully saturated rings. The van der Waals surface area contributed by atoms with E-state index in [2.05, 4.69) is 10.6 Å². The Balaban J connectivity index is 2.43. The highest BCUT2D eigenvalue weighted by Crippen LogP contribution is 2.14. The van der Waals surface area contributed by atoms with Crippen molar-refractivity contribution in [1.82, 2.24) is 10.6 Å². The van der Waals surface area contributed by atoms with Gasteiger partial charge >= 0.3 is 0 Å². The molecule has 1 aromatic carbocycles. The summed E-state index contributed by atoms with van der Waals surface area (Å²) in [5, 5.41) is 5.34. The summed E-state index contributed by atoms with van der Waals surface area (Å²) in [6.45, 7) is 9.20. The topological polar surface area (TPSA) is 67.4 Å². The molecule has 0 aromatic heterocycles. The summed E-state index contributed by atoms with van der Waals surface area (Å²) in [5.74, 6) is 0.0935. The molecule has 1 atom stereocenters. The van der Waals surface area contributed by atoms with Gasteiger partial charge in [-0.2, -0.15) is 0 Å². The highest BCUT2D eigenvalue weighted by Gasteiger charge is 2.18. The van der Waals surface area contributed by atoms with Gasteiger partial charge in [-0.25, -0.2) is 0 Å². The van der Waals surface area contributed by atoms with E-state index >= 15 is 0 Å². The minimum Gasteiger partial charge on any atom is -0.481 e. The number of ether oxygens (including phenoxy) is 1. The fraction of sp³-hybridized carbons (Fsp3) is 0.500. The second-order valence-corrected chi connectivity index (χ2v) is 6.09. The first-order valence-electron chi connectivity index (χ1n) is 6.99. The van der Waals surface area contributed by atoms with Crippen LogP contribution in [0.1, 0.15) is 33.3 Å². The number of rotatable bonds is 5. The van der Waals surface area contributed by atoms with Gasteiger partial charge in [-0.15, -0.1) is 0 Å². The molecular formula is C16H24N2O3. The van der Waals surface area contributed by atoms with Gasteiger partial charge in [0, 0.05) is 5.54 Å². The smallest absolute Gasteiger partial charge is 0.261 e. The zero-order chi connectivity index (χ0) is 16.0. The molecule has 116 valence electrons. The molecule has 5 nitrogen and oxygen atoms in total. The molecule has 0 aliphatic rings. The second kappa shape index (κ2) is 7.11. The second-order valence-electron chi connectivity index (χ2n) is 6.09. The van der Waals surface area contributed by atoms with E-state index in [0.717, 1.165) is 5.56 Å². The van der Waals surface area contributed by atoms with E-state index in [-0.39, 0.29) is 23.9 Å². The van der Waals surface area contributed by atoms with Crippen molar-refractivity contribution < 1.29 is 14.3 Å². The van der Waals surface area contributed by atoms with Gasteiger partial charge in [-0.05, 0) is 52.3 Å². The van der Waals surface area contributed by atoms with Crippen molar-refractivity contribution in [3.8, 4) is 5.75 Å². The van der Waals surface area contributed by atoms with E-state index in [9.17, 15) is 9.59 Å². The van der Waals surface area contributed by atoms with Crippen molar-refractivity contribution in [3.63, 3.8) is 0 Å². The van der Waals surface area contributed by atoms with E-state index in [4.69, 9.17) is 4.74 Å². The van der Waals surface area contributed by atoms with Crippen LogP contribution in [0.3, 0.4) is 0 Å². The lowest BCUT2D eigenvalue weighted by Gasteiger charge is -2.21. The monoisotopic (exact) mass is 292 g/mol. The maximum atomic E-state index is 11.9. The van der Waals surface area contributed by atoms with Crippen molar-refractivity contribution >= 4 is 11.8 Å². The molecule has 5 heteroatoms. The van der Waals surface area contributed by atoms with Crippen molar-refractivity contribution in [2.75, 3.05) is 6.54 Å². The molecule has 21 heavy (non-hydrogen) atoms. The first-order chi connectivity index (χ1) is 9.67. The lowest BCUT2D eigenvalue weighted by atomic mass is 10.1. The fourth-order valence-electron chi connectivity index (χ4n) is 1.72. The summed E-state index contributed by atoms with van der Waals surface area (Å²) >= 11 is 0. The van der Waals surface area contributed by atoms with Gasteiger partial charge in [0.1, 0.15) is 5.75 Å². The van der Waals surface area contributed by atoms with Crippen molar-refractivity contribution in [2.45, 2.75) is 46.3 Å². The Kier molecular flexibility index (Phi) is 5.76. The van der Waals surface area contributed by atoms with Gasteiger partial charge in [0.25, 0.3) is 5.91 Å². The number of hydrogen-bond acceptors (Lipinski definition) is 3. The first-order valence-corrected chi connectivity index (χ1v) is 6.99. The van der Waals surface area contributed by atoms with Crippen molar-refractivity contribution in [1.29, 1.82) is 0 Å². The lowest BCUT2D eigenvalue weighted by molar-refractivity contribution is -0.130. The molecule has 0 heterocycles. The van der Waals surface area contributed by atoms with Crippen LogP contribution in [0.25, 0.3) is 0 Å². The summed E-state index contributed by atoms with van der Waals surface area (Å²) in [4.78, 5) is 23.5. The number of benzene rings is 1. The van der Waals surface area contributed by atoms with Crippen molar-refractivity contribution in [2.24, 2.45) is 0 Å². The maximum absolute atomic E-state index is 11.9. The SMILES string of the molecule is Cc1cccc(OC(C)C(=O)NCC(=O)NC(C)(C)C)c1. The zero-order valence-electron chi connectivity index (χ0n) is 13.3. The molecule has 1 unspecified atom stereocenters. The number of amides is 2. The van der Waals surface area contributed by atoms with E-state index < -0.39 is 6.10 Å². The molecule has 1 rings (SSSR count). The predicted molar refractivity (Wildman–Crippen MR) is 82.2 cm³/mol. The Hall–Kier alpha value is -2.04. The molecule has 0 saturated heterocycles. The average molecular weight is 292 g/mol. The Morgan fingerprint density at radius 1 is 1.29 bits per heavy atom. The molecule has 2 amide bonds. The summed E-state index contributed by atoms with van der Waals surface area (Å²) in [7, 11) is 0. The van der Waals surface area contributed by atoms with E-state index in [1.807, 2.05) is 45.9 Å². The summed E-state index contributed by atoms with van der Waals surface area (Å²) < 4.78 is 5.55. The third-order valence-corrected chi connectivity index (χ3v) is 2.61. The first kappa shape index (κ1) is 17.0. The third-order valence-electron chi connectivity index (χ3n) is 2.61. The highest BCUT2D eigenvalue weighted by molar-refractivity contribution is 5.87. The largest absolute Gasteiger partial charge is 0.481 e. The molecule has 0 aliphatic carbocycles. The summed E-state index contributed by atoms with van der Waals surface area (Å²) in [6.07, 6.45) is -0.658. The molecule has 0 bridgehead atoms. The summed E-state index contributed by atoms with van der Waals surface area (Å²) in [5.41, 5.74) is 0.746. The zero-order valence-corrected chi connectivity index (χ0v) is 13.3. The normalized spacial score (nSPS) is 12.4. The predicted octanol–water partition coefficient (Wildman–Crippen LogP) is 1.79. The summed E-state index contributed by atoms with van der Waals surface area (Å²) in [6, 6.07) is 7.47. The van der Waals surface area contributed by atoms with Gasteiger partial charge in [-0.1, -0.05) is 12.1 Å². The Morgan fingerprint density at radius 2 is 1.95 bits per heavy atom. The Bertz CT molecular complexity index is 506. The van der Waals surface area contributed by atoms with Gasteiger partial charge in [0.05, 0.1) is 6.54 Å². The lowest BCUT2D eigenvalue weighted by Crippen LogP contribution is -2.47. The van der Waals surface area contributed by atoms with Crippen molar-refractivity contribution in [3.05, 3.63) is 29.8 Å². The number of hydrogen-bond donors (Lipinski definition) is 2. The standard InChI is InChI=1S/C16H24N2O3/c1-11-7-6-8-13(9-11)21-12(2)15(20)17-10-14(19)18-16(3,4)5/h6-9,12H,10H2,1-5H3,(H,17,20)(H,18,19). The van der Waals surface area contributed by atoms with E-state index in [1.165, 1.54) is 0 Å². The molecule has 2 N–H and O–H groups in total. The van der Waals surface area contributed by atoms with Crippen LogP contribution >= 0.6 is 0 Å². The van der Waals surface area contributed by atoms with Crippen LogP contribution in [0.5, 0.6) is 5.75 Å². The van der Waals surface area contributed by atoms with Crippen LogP contribution in [0.2, 0.25) is 0 Å². The maximum Gasteiger partial charge on any atom is 0.261 e. The average Bonchev–Trinajstić information content (AvgIpc) is 2.33. The molecular weight excluding hydrogens is 268 g/mol. The molecule has 0 radical (unpaired) electrons. The van der Waals surface area contributed by atoms with Crippen LogP contribution in [-0.2, 0) is 9.59 Å². The van der Waals surface area contributed by atoms with Gasteiger partial charge in [-0.3, -0.25) is 9.59 Å². The molecule has 0 spiro atoms. The van der Waals surface area contributed by atoms with Gasteiger partial charge in [0.2, 0.25) is 5.91 Å². The Morgan fingerprint density at radius 3 is 2.52 bits per heavy atom. The van der Waals surface area contributed by atoms with Crippen LogP contribution in [0.4, 0.5) is 0 Å². The molecule has 0 aliphatic heterocycles. The van der Waals surface area contributed by atoms with Crippen LogP contribution in [0, 0.1) is 6.92 Å². The highest BCUT2D eigenvalue weighted by atomic mass is 16.5. The number of nitrogens with one attached hydrogen (secondary N) is 2. The van der Waals surface area contributed by atoms with E-state index in [1.54, 1.807) is 13.0 Å². The fourth-order valence-corrected chi connectivity index (χ4v) is 1.72. The number of aryl methyl sites for hydroxylation is 1. The van der Waals surface area contributed by atoms with Crippen LogP contribution in [-0.4, -0.2) is 30.0 Å². The molecule has 0 saturated carbocycles. The third kappa shape index (κ3) is 6.79. The minimum absolute atomic E-state index is 0.0579. The van der Waals surface area contributed by atoms with Gasteiger partial charge < -0.3 is 15.4 Å². The number of carbonyl (C=O) groups is 2. The quantitative estimate of drug-likeness (QED) is 0.869. The van der Waals surface area contributed by atoms with Crippen LogP contribution < -0.4 is 15.4 Å². The number of carbonyl (C=O) groups excluding carboxylic acids is 2. The van der Waals surface area contributed by atoms with Crippen LogP contribution in [0.15, 0.2) is 24.3 Å². The minimum atomic E-state index is -0.658. The van der Waals surface area contributed by atoms with E-state index in [0.29, 0.717) is 5.75 Å². The van der Waals surface area contributed by atoms with Gasteiger partial charge in [0.15, 0.2) is 6.10 Å². The Labute approximate surface area is 126 Å². The molecule has 1 aromatic rings.